The Labute approximate surface area is 202 Å². The Bertz CT molecular complexity index is 998. The number of halogens is 1. The number of hydrogen-bond acceptors (Lipinski definition) is 5. The third-order valence-electron chi connectivity index (χ3n) is 6.18. The molecule has 0 saturated carbocycles. The lowest BCUT2D eigenvalue weighted by atomic mass is 9.82. The van der Waals surface area contributed by atoms with Crippen LogP contribution in [0, 0.1) is 11.8 Å². The largest absolute Gasteiger partial charge is 0.489 e. The van der Waals surface area contributed by atoms with Crippen LogP contribution in [0.3, 0.4) is 0 Å². The molecular weight excluding hydrogens is 484 g/mol. The number of nitrogens with zero attached hydrogens (tertiary/aromatic N) is 2. The fourth-order valence-electron chi connectivity index (χ4n) is 4.35. The van der Waals surface area contributed by atoms with Gasteiger partial charge in [0.15, 0.2) is 0 Å². The summed E-state index contributed by atoms with van der Waals surface area (Å²) in [6.45, 7) is 3.07. The SMILES string of the molecule is O=C(C[C@@H]1CCN2C[C@@H]1/C=C\COc1ccc(Br)cc1CNCC2=O)NCc1ccncc1. The van der Waals surface area contributed by atoms with E-state index in [2.05, 4.69) is 37.6 Å². The number of ether oxygens (including phenoxy) is 1. The molecule has 1 saturated heterocycles. The van der Waals surface area contributed by atoms with Crippen molar-refractivity contribution in [2.75, 3.05) is 26.2 Å². The highest BCUT2D eigenvalue weighted by atomic mass is 79.9. The van der Waals surface area contributed by atoms with E-state index in [4.69, 9.17) is 4.74 Å². The highest BCUT2D eigenvalue weighted by Crippen LogP contribution is 2.29. The molecule has 8 heteroatoms. The number of benzene rings is 1. The molecule has 2 aromatic rings. The lowest BCUT2D eigenvalue weighted by molar-refractivity contribution is -0.132. The molecule has 2 atom stereocenters. The predicted octanol–water partition coefficient (Wildman–Crippen LogP) is 3.05. The number of aromatic nitrogens is 1. The first-order valence-corrected chi connectivity index (χ1v) is 12.1. The van der Waals surface area contributed by atoms with Crippen molar-refractivity contribution in [3.8, 4) is 5.75 Å². The predicted molar refractivity (Wildman–Crippen MR) is 129 cm³/mol. The smallest absolute Gasteiger partial charge is 0.236 e. The van der Waals surface area contributed by atoms with E-state index in [1.54, 1.807) is 12.4 Å². The maximum atomic E-state index is 12.8. The van der Waals surface area contributed by atoms with E-state index in [0.717, 1.165) is 27.8 Å². The van der Waals surface area contributed by atoms with E-state index >= 15 is 0 Å². The molecule has 1 aromatic heterocycles. The van der Waals surface area contributed by atoms with Gasteiger partial charge in [-0.25, -0.2) is 0 Å². The molecule has 0 unspecified atom stereocenters. The standard InChI is InChI=1S/C25H29BrN4O3/c26-22-3-4-23-21(12-22)15-28-16-25(32)30-10-7-19(20(17-30)2-1-11-33-23)13-24(31)29-14-18-5-8-27-9-6-18/h1-6,8-9,12,19-20,28H,7,10-11,13-17H2,(H,29,31)/b2-1-/t19-,20-/m0/s1. The van der Waals surface area contributed by atoms with Gasteiger partial charge in [-0.05, 0) is 54.2 Å². The van der Waals surface area contributed by atoms with Gasteiger partial charge in [0.05, 0.1) is 6.54 Å². The van der Waals surface area contributed by atoms with Crippen molar-refractivity contribution in [2.45, 2.75) is 25.9 Å². The minimum absolute atomic E-state index is 0.0327. The first kappa shape index (κ1) is 23.4. The van der Waals surface area contributed by atoms with Crippen LogP contribution in [0.4, 0.5) is 0 Å². The minimum Gasteiger partial charge on any atom is -0.489 e. The summed E-state index contributed by atoms with van der Waals surface area (Å²) in [5.74, 6) is 1.22. The van der Waals surface area contributed by atoms with Gasteiger partial charge in [-0.3, -0.25) is 14.6 Å². The van der Waals surface area contributed by atoms with Gasteiger partial charge in [0.25, 0.3) is 0 Å². The molecule has 0 aliphatic carbocycles. The lowest BCUT2D eigenvalue weighted by Crippen LogP contribution is -2.47. The highest BCUT2D eigenvalue weighted by Gasteiger charge is 2.31. The van der Waals surface area contributed by atoms with Crippen LogP contribution in [0.2, 0.25) is 0 Å². The zero-order chi connectivity index (χ0) is 23.0. The molecule has 4 rings (SSSR count). The number of hydrogen-bond donors (Lipinski definition) is 2. The Morgan fingerprint density at radius 2 is 2.09 bits per heavy atom. The maximum absolute atomic E-state index is 12.8. The van der Waals surface area contributed by atoms with Crippen LogP contribution < -0.4 is 15.4 Å². The molecule has 1 fully saturated rings. The molecule has 3 heterocycles. The highest BCUT2D eigenvalue weighted by molar-refractivity contribution is 9.10. The number of amides is 2. The molecule has 33 heavy (non-hydrogen) atoms. The van der Waals surface area contributed by atoms with Gasteiger partial charge in [0, 0.05) is 55.0 Å². The normalized spacial score (nSPS) is 22.1. The number of carbonyl (C=O) groups is 2. The van der Waals surface area contributed by atoms with Gasteiger partial charge in [0.2, 0.25) is 11.8 Å². The zero-order valence-electron chi connectivity index (χ0n) is 18.5. The van der Waals surface area contributed by atoms with Crippen LogP contribution in [-0.4, -0.2) is 47.9 Å². The summed E-state index contributed by atoms with van der Waals surface area (Å²) in [4.78, 5) is 31.3. The van der Waals surface area contributed by atoms with Crippen molar-refractivity contribution in [3.05, 3.63) is 70.5 Å². The summed E-state index contributed by atoms with van der Waals surface area (Å²) in [5.41, 5.74) is 2.03. The van der Waals surface area contributed by atoms with Crippen molar-refractivity contribution in [3.63, 3.8) is 0 Å². The summed E-state index contributed by atoms with van der Waals surface area (Å²) < 4.78 is 6.97. The van der Waals surface area contributed by atoms with E-state index in [0.29, 0.717) is 39.2 Å². The molecular formula is C25H29BrN4O3. The zero-order valence-corrected chi connectivity index (χ0v) is 20.1. The fourth-order valence-corrected chi connectivity index (χ4v) is 4.76. The Hall–Kier alpha value is -2.71. The molecule has 2 N–H and O–H groups in total. The Morgan fingerprint density at radius 1 is 1.24 bits per heavy atom. The Morgan fingerprint density at radius 3 is 2.94 bits per heavy atom. The van der Waals surface area contributed by atoms with E-state index in [1.807, 2.05) is 41.3 Å². The number of piperidine rings is 1. The summed E-state index contributed by atoms with van der Waals surface area (Å²) in [6, 6.07) is 9.69. The second-order valence-corrected chi connectivity index (χ2v) is 9.40. The van der Waals surface area contributed by atoms with Crippen LogP contribution in [0.15, 0.2) is 59.4 Å². The van der Waals surface area contributed by atoms with Gasteiger partial charge in [-0.2, -0.15) is 0 Å². The van der Waals surface area contributed by atoms with Crippen molar-refractivity contribution in [2.24, 2.45) is 11.8 Å². The van der Waals surface area contributed by atoms with Crippen LogP contribution in [-0.2, 0) is 22.7 Å². The van der Waals surface area contributed by atoms with Gasteiger partial charge in [-0.1, -0.05) is 28.1 Å². The van der Waals surface area contributed by atoms with E-state index in [-0.39, 0.29) is 30.2 Å². The average Bonchev–Trinajstić information content (AvgIpc) is 2.83. The molecule has 1 aromatic carbocycles. The molecule has 174 valence electrons. The second-order valence-electron chi connectivity index (χ2n) is 8.48. The number of pyridine rings is 1. The quantitative estimate of drug-likeness (QED) is 0.615. The van der Waals surface area contributed by atoms with Crippen molar-refractivity contribution in [1.82, 2.24) is 20.5 Å². The van der Waals surface area contributed by atoms with Gasteiger partial charge in [-0.15, -0.1) is 0 Å². The molecule has 2 bridgehead atoms. The number of fused-ring (bicyclic) bond motifs is 3. The van der Waals surface area contributed by atoms with Gasteiger partial charge >= 0.3 is 0 Å². The molecule has 7 nitrogen and oxygen atoms in total. The van der Waals surface area contributed by atoms with Crippen LogP contribution in [0.25, 0.3) is 0 Å². The van der Waals surface area contributed by atoms with Gasteiger partial charge in [0.1, 0.15) is 12.4 Å². The maximum Gasteiger partial charge on any atom is 0.236 e. The topological polar surface area (TPSA) is 83.6 Å². The average molecular weight is 513 g/mol. The third kappa shape index (κ3) is 6.65. The van der Waals surface area contributed by atoms with Crippen LogP contribution in [0.1, 0.15) is 24.0 Å². The monoisotopic (exact) mass is 512 g/mol. The summed E-state index contributed by atoms with van der Waals surface area (Å²) in [7, 11) is 0. The van der Waals surface area contributed by atoms with Gasteiger partial charge < -0.3 is 20.3 Å². The Kier molecular flexibility index (Phi) is 8.12. The first-order chi connectivity index (χ1) is 16.1. The molecule has 2 amide bonds. The number of nitrogens with one attached hydrogen (secondary N) is 2. The van der Waals surface area contributed by atoms with Crippen molar-refractivity contribution < 1.29 is 14.3 Å². The summed E-state index contributed by atoms with van der Waals surface area (Å²) in [5, 5.41) is 6.27. The number of rotatable bonds is 4. The van der Waals surface area contributed by atoms with E-state index in [1.165, 1.54) is 0 Å². The molecule has 2 aliphatic rings. The second kappa shape index (κ2) is 11.4. The van der Waals surface area contributed by atoms with Crippen LogP contribution >= 0.6 is 15.9 Å². The molecule has 2 aliphatic heterocycles. The van der Waals surface area contributed by atoms with E-state index in [9.17, 15) is 9.59 Å². The Balaban J connectivity index is 1.41. The summed E-state index contributed by atoms with van der Waals surface area (Å²) >= 11 is 3.50. The van der Waals surface area contributed by atoms with E-state index < -0.39 is 0 Å². The van der Waals surface area contributed by atoms with Crippen molar-refractivity contribution >= 4 is 27.7 Å². The lowest BCUT2D eigenvalue weighted by Gasteiger charge is -2.37. The third-order valence-corrected chi connectivity index (χ3v) is 6.67. The number of carbonyl (C=O) groups excluding carboxylic acids is 2. The molecule has 0 radical (unpaired) electrons. The molecule has 0 spiro atoms. The van der Waals surface area contributed by atoms with Crippen LogP contribution in [0.5, 0.6) is 5.75 Å². The summed E-state index contributed by atoms with van der Waals surface area (Å²) in [6.07, 6.45) is 8.82. The fraction of sp³-hybridized carbons (Fsp3) is 0.400. The minimum atomic E-state index is 0.0327. The van der Waals surface area contributed by atoms with Crippen molar-refractivity contribution in [1.29, 1.82) is 0 Å². The first-order valence-electron chi connectivity index (χ1n) is 11.3.